The molecule has 1 atom stereocenters. The topological polar surface area (TPSA) is 12.0 Å². The van der Waals surface area contributed by atoms with Crippen molar-refractivity contribution < 1.29 is 4.39 Å². The van der Waals surface area contributed by atoms with Crippen molar-refractivity contribution in [3.05, 3.63) is 35.1 Å². The highest BCUT2D eigenvalue weighted by Gasteiger charge is 2.24. The van der Waals surface area contributed by atoms with Crippen molar-refractivity contribution in [1.29, 1.82) is 0 Å². The molecule has 1 unspecified atom stereocenters. The van der Waals surface area contributed by atoms with Crippen LogP contribution in [0.1, 0.15) is 70.0 Å². The van der Waals surface area contributed by atoms with Crippen LogP contribution in [-0.2, 0) is 0 Å². The lowest BCUT2D eigenvalue weighted by Crippen LogP contribution is -2.30. The fraction of sp³-hybridized carbons (Fsp3) is 0.667. The molecule has 114 valence electrons. The van der Waals surface area contributed by atoms with Crippen molar-refractivity contribution in [3.8, 4) is 0 Å². The molecule has 0 aliphatic rings. The van der Waals surface area contributed by atoms with E-state index in [1.54, 1.807) is 6.07 Å². The molecule has 1 rings (SSSR count). The molecule has 0 heterocycles. The van der Waals surface area contributed by atoms with Gasteiger partial charge in [-0.1, -0.05) is 51.3 Å². The summed E-state index contributed by atoms with van der Waals surface area (Å²) in [4.78, 5) is 0. The van der Waals surface area contributed by atoms with Gasteiger partial charge in [0, 0.05) is 11.6 Å². The monoisotopic (exact) mass is 279 g/mol. The molecule has 0 spiro atoms. The Balaban J connectivity index is 3.04. The van der Waals surface area contributed by atoms with Gasteiger partial charge in [-0.3, -0.25) is 0 Å². The van der Waals surface area contributed by atoms with Crippen molar-refractivity contribution in [2.45, 2.75) is 65.8 Å². The van der Waals surface area contributed by atoms with Crippen LogP contribution in [0.3, 0.4) is 0 Å². The van der Waals surface area contributed by atoms with Gasteiger partial charge in [0.05, 0.1) is 0 Å². The van der Waals surface area contributed by atoms with Crippen LogP contribution < -0.4 is 5.32 Å². The Morgan fingerprint density at radius 2 is 1.70 bits per heavy atom. The first-order valence-electron chi connectivity index (χ1n) is 8.13. The van der Waals surface area contributed by atoms with E-state index in [0.717, 1.165) is 49.8 Å². The van der Waals surface area contributed by atoms with Crippen LogP contribution in [0.4, 0.5) is 4.39 Å². The normalized spacial score (nSPS) is 12.9. The van der Waals surface area contributed by atoms with Gasteiger partial charge in [-0.2, -0.15) is 0 Å². The highest BCUT2D eigenvalue weighted by atomic mass is 19.1. The fourth-order valence-electron chi connectivity index (χ4n) is 2.95. The number of rotatable bonds is 9. The van der Waals surface area contributed by atoms with Crippen molar-refractivity contribution in [2.75, 3.05) is 6.54 Å². The van der Waals surface area contributed by atoms with Gasteiger partial charge in [-0.25, -0.2) is 4.39 Å². The van der Waals surface area contributed by atoms with E-state index in [1.807, 2.05) is 19.1 Å². The highest BCUT2D eigenvalue weighted by molar-refractivity contribution is 5.27. The van der Waals surface area contributed by atoms with Crippen molar-refractivity contribution >= 4 is 0 Å². The first-order chi connectivity index (χ1) is 9.63. The summed E-state index contributed by atoms with van der Waals surface area (Å²) < 4.78 is 14.2. The lowest BCUT2D eigenvalue weighted by Gasteiger charge is -2.29. The summed E-state index contributed by atoms with van der Waals surface area (Å²) >= 11 is 0. The standard InChI is InChI=1S/C18H30FN/c1-5-8-15(9-6-2)18(20-12-7-3)16-13-14(4)10-11-17(16)19/h10-11,13,15,18,20H,5-9,12H2,1-4H3. The second-order valence-electron chi connectivity index (χ2n) is 5.79. The zero-order valence-corrected chi connectivity index (χ0v) is 13.5. The van der Waals surface area contributed by atoms with E-state index in [4.69, 9.17) is 0 Å². The average Bonchev–Trinajstić information content (AvgIpc) is 2.43. The summed E-state index contributed by atoms with van der Waals surface area (Å²) in [6.07, 6.45) is 5.70. The largest absolute Gasteiger partial charge is 0.310 e. The van der Waals surface area contributed by atoms with E-state index >= 15 is 0 Å². The molecule has 0 amide bonds. The summed E-state index contributed by atoms with van der Waals surface area (Å²) in [5, 5.41) is 3.58. The quantitative estimate of drug-likeness (QED) is 0.639. The van der Waals surface area contributed by atoms with Crippen molar-refractivity contribution in [3.63, 3.8) is 0 Å². The predicted octanol–water partition coefficient (Wildman–Crippen LogP) is 5.39. The van der Waals surface area contributed by atoms with Crippen LogP contribution in [0.25, 0.3) is 0 Å². The Bertz CT molecular complexity index is 383. The van der Waals surface area contributed by atoms with Crippen molar-refractivity contribution in [1.82, 2.24) is 5.32 Å². The molecule has 0 saturated heterocycles. The maximum atomic E-state index is 14.2. The molecule has 1 nitrogen and oxygen atoms in total. The van der Waals surface area contributed by atoms with E-state index in [9.17, 15) is 4.39 Å². The molecule has 0 saturated carbocycles. The van der Waals surface area contributed by atoms with Gasteiger partial charge in [0.15, 0.2) is 0 Å². The third-order valence-electron chi connectivity index (χ3n) is 3.89. The minimum Gasteiger partial charge on any atom is -0.310 e. The van der Waals surface area contributed by atoms with Crippen LogP contribution in [0.2, 0.25) is 0 Å². The Morgan fingerprint density at radius 1 is 1.05 bits per heavy atom. The molecule has 1 aromatic carbocycles. The summed E-state index contributed by atoms with van der Waals surface area (Å²) in [6.45, 7) is 9.57. The Kier molecular flexibility index (Phi) is 7.83. The van der Waals surface area contributed by atoms with E-state index in [0.29, 0.717) is 5.92 Å². The molecule has 0 aromatic heterocycles. The summed E-state index contributed by atoms with van der Waals surface area (Å²) in [6, 6.07) is 5.63. The van der Waals surface area contributed by atoms with Gasteiger partial charge in [-0.05, 0) is 44.7 Å². The number of benzene rings is 1. The first-order valence-corrected chi connectivity index (χ1v) is 8.13. The number of aryl methyl sites for hydroxylation is 1. The lowest BCUT2D eigenvalue weighted by atomic mass is 9.85. The molecule has 1 N–H and O–H groups in total. The molecule has 0 radical (unpaired) electrons. The Morgan fingerprint density at radius 3 is 2.25 bits per heavy atom. The zero-order valence-electron chi connectivity index (χ0n) is 13.5. The minimum absolute atomic E-state index is 0.0681. The van der Waals surface area contributed by atoms with Crippen LogP contribution in [-0.4, -0.2) is 6.54 Å². The van der Waals surface area contributed by atoms with E-state index < -0.39 is 0 Å². The lowest BCUT2D eigenvalue weighted by molar-refractivity contribution is 0.309. The number of nitrogens with one attached hydrogen (secondary N) is 1. The average molecular weight is 279 g/mol. The Labute approximate surface area is 124 Å². The summed E-state index contributed by atoms with van der Waals surface area (Å²) in [5.74, 6) is 0.453. The molecule has 0 bridgehead atoms. The first kappa shape index (κ1) is 17.2. The maximum absolute atomic E-state index is 14.2. The van der Waals surface area contributed by atoms with Gasteiger partial charge < -0.3 is 5.32 Å². The molecular formula is C18H30FN. The smallest absolute Gasteiger partial charge is 0.128 e. The van der Waals surface area contributed by atoms with Gasteiger partial charge in [-0.15, -0.1) is 0 Å². The van der Waals surface area contributed by atoms with Crippen molar-refractivity contribution in [2.24, 2.45) is 5.92 Å². The predicted molar refractivity (Wildman–Crippen MR) is 85.5 cm³/mol. The van der Waals surface area contributed by atoms with Crippen LogP contribution in [0, 0.1) is 18.7 Å². The molecule has 0 aliphatic carbocycles. The molecular weight excluding hydrogens is 249 g/mol. The maximum Gasteiger partial charge on any atom is 0.128 e. The van der Waals surface area contributed by atoms with Gasteiger partial charge in [0.1, 0.15) is 5.82 Å². The molecule has 20 heavy (non-hydrogen) atoms. The summed E-state index contributed by atoms with van der Waals surface area (Å²) in [5.41, 5.74) is 1.99. The second kappa shape index (κ2) is 9.12. The second-order valence-corrected chi connectivity index (χ2v) is 5.79. The van der Waals surface area contributed by atoms with Crippen LogP contribution >= 0.6 is 0 Å². The number of halogens is 1. The van der Waals surface area contributed by atoms with Crippen LogP contribution in [0.15, 0.2) is 18.2 Å². The van der Waals surface area contributed by atoms with E-state index in [2.05, 4.69) is 26.1 Å². The fourth-order valence-corrected chi connectivity index (χ4v) is 2.95. The van der Waals surface area contributed by atoms with Gasteiger partial charge in [0.2, 0.25) is 0 Å². The molecule has 1 aromatic rings. The minimum atomic E-state index is -0.0681. The van der Waals surface area contributed by atoms with E-state index in [1.165, 1.54) is 0 Å². The van der Waals surface area contributed by atoms with Crippen LogP contribution in [0.5, 0.6) is 0 Å². The Hall–Kier alpha value is -0.890. The molecule has 0 fully saturated rings. The SMILES string of the molecule is CCCNC(c1cc(C)ccc1F)C(CCC)CCC. The molecule has 2 heteroatoms. The zero-order chi connectivity index (χ0) is 15.0. The number of hydrogen-bond acceptors (Lipinski definition) is 1. The van der Waals surface area contributed by atoms with Gasteiger partial charge >= 0.3 is 0 Å². The third kappa shape index (κ3) is 4.90. The molecule has 0 aliphatic heterocycles. The third-order valence-corrected chi connectivity index (χ3v) is 3.89. The van der Waals surface area contributed by atoms with Gasteiger partial charge in [0.25, 0.3) is 0 Å². The van der Waals surface area contributed by atoms with E-state index in [-0.39, 0.29) is 11.9 Å². The highest BCUT2D eigenvalue weighted by Crippen LogP contribution is 2.31. The number of hydrogen-bond donors (Lipinski definition) is 1. The summed E-state index contributed by atoms with van der Waals surface area (Å²) in [7, 11) is 0.